The van der Waals surface area contributed by atoms with Crippen LogP contribution in [0.15, 0.2) is 18.6 Å². The molecule has 0 bridgehead atoms. The average Bonchev–Trinajstić information content (AvgIpc) is 3.40. The van der Waals surface area contributed by atoms with Gasteiger partial charge in [-0.15, -0.1) is 11.3 Å². The lowest BCUT2D eigenvalue weighted by atomic mass is 9.94. The summed E-state index contributed by atoms with van der Waals surface area (Å²) >= 11 is 8.16. The smallest absolute Gasteiger partial charge is 0.223 e. The summed E-state index contributed by atoms with van der Waals surface area (Å²) in [7, 11) is 2.18. The van der Waals surface area contributed by atoms with Crippen LogP contribution in [-0.2, 0) is 6.42 Å². The van der Waals surface area contributed by atoms with Crippen LogP contribution in [0.2, 0.25) is 5.02 Å². The molecule has 1 unspecified atom stereocenters. The summed E-state index contributed by atoms with van der Waals surface area (Å²) in [5.41, 5.74) is 3.16. The topological polar surface area (TPSA) is 82.6 Å². The van der Waals surface area contributed by atoms with E-state index in [9.17, 15) is 0 Å². The Labute approximate surface area is 178 Å². The second-order valence-corrected chi connectivity index (χ2v) is 9.40. The molecule has 0 saturated carbocycles. The summed E-state index contributed by atoms with van der Waals surface area (Å²) in [5.74, 6) is 1.12. The minimum atomic E-state index is 0.145. The maximum Gasteiger partial charge on any atom is 0.223 e. The number of nitrogens with one attached hydrogen (secondary N) is 2. The van der Waals surface area contributed by atoms with Crippen LogP contribution in [0.1, 0.15) is 53.9 Å². The van der Waals surface area contributed by atoms with Crippen molar-refractivity contribution in [3.05, 3.63) is 39.9 Å². The standard InChI is InChI=1S/C20H24ClN7S/c1-28-7-5-12(6-8-28)19-22-11-16(29-19)18-14(21)10-23-20(26-18)25-15-4-2-3-13-9-24-27-17(13)15/h9-12,15H,2-8H2,1H3,(H,24,27)(H,23,25,26). The van der Waals surface area contributed by atoms with Gasteiger partial charge in [0.25, 0.3) is 0 Å². The quantitative estimate of drug-likeness (QED) is 0.644. The number of aromatic amines is 1. The van der Waals surface area contributed by atoms with Crippen LogP contribution < -0.4 is 5.32 Å². The Balaban J connectivity index is 1.37. The van der Waals surface area contributed by atoms with E-state index < -0.39 is 0 Å². The summed E-state index contributed by atoms with van der Waals surface area (Å²) in [6.45, 7) is 2.25. The van der Waals surface area contributed by atoms with E-state index in [-0.39, 0.29) is 6.04 Å². The third-order valence-electron chi connectivity index (χ3n) is 5.91. The Bertz CT molecular complexity index is 992. The maximum absolute atomic E-state index is 6.45. The number of aryl methyl sites for hydroxylation is 1. The van der Waals surface area contributed by atoms with Crippen LogP contribution in [0.5, 0.6) is 0 Å². The van der Waals surface area contributed by atoms with Gasteiger partial charge in [0, 0.05) is 12.1 Å². The fourth-order valence-corrected chi connectivity index (χ4v) is 5.55. The number of hydrogen-bond donors (Lipinski definition) is 2. The zero-order valence-corrected chi connectivity index (χ0v) is 17.9. The largest absolute Gasteiger partial charge is 0.346 e. The van der Waals surface area contributed by atoms with Gasteiger partial charge in [-0.2, -0.15) is 5.10 Å². The molecule has 1 aliphatic carbocycles. The molecule has 3 aromatic rings. The molecular formula is C20H24ClN7S. The predicted molar refractivity (Wildman–Crippen MR) is 116 cm³/mol. The number of aromatic nitrogens is 5. The van der Waals surface area contributed by atoms with Crippen molar-refractivity contribution in [3.8, 4) is 10.6 Å². The summed E-state index contributed by atoms with van der Waals surface area (Å²) in [4.78, 5) is 17.2. The first kappa shape index (κ1) is 19.0. The number of piperidine rings is 1. The predicted octanol–water partition coefficient (Wildman–Crippen LogP) is 4.28. The summed E-state index contributed by atoms with van der Waals surface area (Å²) < 4.78 is 0. The highest BCUT2D eigenvalue weighted by atomic mass is 35.5. The molecule has 1 aliphatic heterocycles. The molecule has 0 radical (unpaired) electrons. The van der Waals surface area contributed by atoms with Crippen molar-refractivity contribution in [1.82, 2.24) is 30.0 Å². The second kappa shape index (κ2) is 8.01. The van der Waals surface area contributed by atoms with E-state index in [1.54, 1.807) is 17.5 Å². The lowest BCUT2D eigenvalue weighted by Crippen LogP contribution is -2.29. The van der Waals surface area contributed by atoms with Gasteiger partial charge in [-0.1, -0.05) is 11.6 Å². The first-order chi connectivity index (χ1) is 14.2. The van der Waals surface area contributed by atoms with Crippen molar-refractivity contribution >= 4 is 28.9 Å². The van der Waals surface area contributed by atoms with Crippen molar-refractivity contribution < 1.29 is 0 Å². The van der Waals surface area contributed by atoms with Crippen LogP contribution in [0.4, 0.5) is 5.95 Å². The summed E-state index contributed by atoms with van der Waals surface area (Å²) in [6, 6.07) is 0.145. The number of nitrogens with zero attached hydrogens (tertiary/aromatic N) is 5. The monoisotopic (exact) mass is 429 g/mol. The molecule has 1 fully saturated rings. The molecule has 1 saturated heterocycles. The van der Waals surface area contributed by atoms with E-state index in [1.165, 1.54) is 10.6 Å². The fraction of sp³-hybridized carbons (Fsp3) is 0.500. The van der Waals surface area contributed by atoms with E-state index in [0.717, 1.165) is 61.5 Å². The first-order valence-electron chi connectivity index (χ1n) is 10.1. The number of anilines is 1. The van der Waals surface area contributed by atoms with Crippen LogP contribution >= 0.6 is 22.9 Å². The zero-order valence-electron chi connectivity index (χ0n) is 16.4. The molecule has 0 amide bonds. The first-order valence-corrected chi connectivity index (χ1v) is 11.3. The highest BCUT2D eigenvalue weighted by Gasteiger charge is 2.24. The number of hydrogen-bond acceptors (Lipinski definition) is 7. The SMILES string of the molecule is CN1CCC(c2ncc(-c3nc(NC4CCCc5cn[nH]c54)ncc3Cl)s2)CC1. The number of likely N-dealkylation sites (tertiary alicyclic amines) is 1. The molecular weight excluding hydrogens is 406 g/mol. The average molecular weight is 430 g/mol. The number of fused-ring (bicyclic) bond motifs is 1. The molecule has 4 heterocycles. The van der Waals surface area contributed by atoms with Crippen molar-refractivity contribution in [1.29, 1.82) is 0 Å². The van der Waals surface area contributed by atoms with E-state index in [0.29, 0.717) is 16.9 Å². The van der Waals surface area contributed by atoms with Gasteiger partial charge in [0.1, 0.15) is 5.69 Å². The van der Waals surface area contributed by atoms with Crippen molar-refractivity contribution in [2.45, 2.75) is 44.1 Å². The highest BCUT2D eigenvalue weighted by molar-refractivity contribution is 7.15. The lowest BCUT2D eigenvalue weighted by Gasteiger charge is -2.27. The van der Waals surface area contributed by atoms with E-state index in [1.807, 2.05) is 12.4 Å². The second-order valence-electron chi connectivity index (χ2n) is 7.93. The Morgan fingerprint density at radius 2 is 2.03 bits per heavy atom. The minimum absolute atomic E-state index is 0.145. The highest BCUT2D eigenvalue weighted by Crippen LogP contribution is 2.37. The minimum Gasteiger partial charge on any atom is -0.346 e. The molecule has 29 heavy (non-hydrogen) atoms. The Kier molecular flexibility index (Phi) is 5.24. The summed E-state index contributed by atoms with van der Waals surface area (Å²) in [6.07, 6.45) is 11.0. The molecule has 0 spiro atoms. The number of thiazole rings is 1. The van der Waals surface area contributed by atoms with Gasteiger partial charge < -0.3 is 10.2 Å². The molecule has 5 rings (SSSR count). The van der Waals surface area contributed by atoms with Gasteiger partial charge in [0.2, 0.25) is 5.95 Å². The number of H-pyrrole nitrogens is 1. The molecule has 3 aromatic heterocycles. The van der Waals surface area contributed by atoms with Crippen molar-refractivity contribution in [2.24, 2.45) is 0 Å². The van der Waals surface area contributed by atoms with Crippen molar-refractivity contribution in [2.75, 3.05) is 25.5 Å². The van der Waals surface area contributed by atoms with Gasteiger partial charge in [-0.05, 0) is 57.8 Å². The Morgan fingerprint density at radius 3 is 2.90 bits per heavy atom. The van der Waals surface area contributed by atoms with E-state index in [4.69, 9.17) is 21.6 Å². The van der Waals surface area contributed by atoms with Crippen LogP contribution in [0, 0.1) is 0 Å². The van der Waals surface area contributed by atoms with E-state index in [2.05, 4.69) is 32.4 Å². The van der Waals surface area contributed by atoms with Gasteiger partial charge in [-0.3, -0.25) is 5.10 Å². The molecule has 9 heteroatoms. The van der Waals surface area contributed by atoms with Crippen molar-refractivity contribution in [3.63, 3.8) is 0 Å². The molecule has 1 atom stereocenters. The third kappa shape index (κ3) is 3.89. The lowest BCUT2D eigenvalue weighted by molar-refractivity contribution is 0.255. The molecule has 7 nitrogen and oxygen atoms in total. The fourth-order valence-electron chi connectivity index (χ4n) is 4.21. The molecule has 0 aromatic carbocycles. The Hall–Kier alpha value is -2.03. The van der Waals surface area contributed by atoms with Crippen LogP contribution in [0.25, 0.3) is 10.6 Å². The maximum atomic E-state index is 6.45. The van der Waals surface area contributed by atoms with Gasteiger partial charge >= 0.3 is 0 Å². The molecule has 152 valence electrons. The van der Waals surface area contributed by atoms with Crippen LogP contribution in [0.3, 0.4) is 0 Å². The number of rotatable bonds is 4. The third-order valence-corrected chi connectivity index (χ3v) is 7.35. The van der Waals surface area contributed by atoms with E-state index >= 15 is 0 Å². The number of halogens is 1. The Morgan fingerprint density at radius 1 is 1.17 bits per heavy atom. The summed E-state index contributed by atoms with van der Waals surface area (Å²) in [5, 5.41) is 12.5. The van der Waals surface area contributed by atoms with Crippen LogP contribution in [-0.4, -0.2) is 50.2 Å². The molecule has 2 N–H and O–H groups in total. The van der Waals surface area contributed by atoms with Gasteiger partial charge in [0.15, 0.2) is 0 Å². The molecule has 2 aliphatic rings. The van der Waals surface area contributed by atoms with Gasteiger partial charge in [0.05, 0.1) is 39.0 Å². The zero-order chi connectivity index (χ0) is 19.8. The van der Waals surface area contributed by atoms with Gasteiger partial charge in [-0.25, -0.2) is 15.0 Å². The normalized spacial score (nSPS) is 20.6.